The van der Waals surface area contributed by atoms with Crippen molar-refractivity contribution in [2.45, 2.75) is 18.9 Å². The first kappa shape index (κ1) is 15.7. The molecule has 0 radical (unpaired) electrons. The number of carbonyl (C=O) groups is 2. The summed E-state index contributed by atoms with van der Waals surface area (Å²) in [7, 11) is 1.39. The fourth-order valence-electron chi connectivity index (χ4n) is 2.99. The summed E-state index contributed by atoms with van der Waals surface area (Å²) < 4.78 is 7.47. The molecule has 1 aliphatic heterocycles. The van der Waals surface area contributed by atoms with Crippen molar-refractivity contribution in [3.63, 3.8) is 0 Å². The second-order valence-electron chi connectivity index (χ2n) is 5.44. The molecule has 118 valence electrons. The number of rotatable bonds is 4. The van der Waals surface area contributed by atoms with Crippen molar-refractivity contribution < 1.29 is 14.3 Å². The Hall–Kier alpha value is -2.14. The van der Waals surface area contributed by atoms with Crippen molar-refractivity contribution in [2.24, 2.45) is 0 Å². The third-order valence-corrected chi connectivity index (χ3v) is 4.79. The number of benzene rings is 1. The van der Waals surface area contributed by atoms with E-state index in [0.717, 1.165) is 11.3 Å². The van der Waals surface area contributed by atoms with Crippen molar-refractivity contribution in [1.29, 1.82) is 0 Å². The van der Waals surface area contributed by atoms with E-state index in [1.807, 2.05) is 22.8 Å². The smallest absolute Gasteiger partial charge is 0.314 e. The van der Waals surface area contributed by atoms with Crippen molar-refractivity contribution >= 4 is 33.8 Å². The van der Waals surface area contributed by atoms with Crippen LogP contribution in [0.15, 0.2) is 41.4 Å². The van der Waals surface area contributed by atoms with Crippen molar-refractivity contribution in [2.75, 3.05) is 7.11 Å². The summed E-state index contributed by atoms with van der Waals surface area (Å²) in [6.07, 6.45) is 2.39. The van der Waals surface area contributed by atoms with E-state index in [1.54, 1.807) is 18.2 Å². The van der Waals surface area contributed by atoms with Gasteiger partial charge in [0.25, 0.3) is 0 Å². The van der Waals surface area contributed by atoms with E-state index in [9.17, 15) is 9.59 Å². The summed E-state index contributed by atoms with van der Waals surface area (Å²) in [6, 6.07) is 9.15. The molecular weight excluding hydrogens is 358 g/mol. The van der Waals surface area contributed by atoms with E-state index < -0.39 is 0 Å². The average molecular weight is 374 g/mol. The molecule has 5 heteroatoms. The lowest BCUT2D eigenvalue weighted by Gasteiger charge is -2.07. The third-order valence-electron chi connectivity index (χ3n) is 4.19. The molecule has 0 saturated heterocycles. The van der Waals surface area contributed by atoms with Crippen LogP contribution in [0.2, 0.25) is 0 Å². The number of halogens is 1. The highest BCUT2D eigenvalue weighted by Crippen LogP contribution is 2.36. The van der Waals surface area contributed by atoms with Crippen LogP contribution in [0.4, 0.5) is 0 Å². The zero-order chi connectivity index (χ0) is 16.6. The summed E-state index contributed by atoms with van der Waals surface area (Å²) >= 11 is 3.46. The Bertz CT molecular complexity index is 789. The Morgan fingerprint density at radius 2 is 2.04 bits per heavy atom. The summed E-state index contributed by atoms with van der Waals surface area (Å²) in [4.78, 5) is 24.7. The first-order valence-corrected chi connectivity index (χ1v) is 8.10. The molecular formula is C18H16BrNO3. The quantitative estimate of drug-likeness (QED) is 0.605. The Morgan fingerprint density at radius 3 is 2.65 bits per heavy atom. The normalized spacial score (nSPS) is 16.0. The second-order valence-corrected chi connectivity index (χ2v) is 6.29. The molecule has 23 heavy (non-hydrogen) atoms. The number of methoxy groups -OCH3 is 1. The number of fused-ring (bicyclic) bond motifs is 1. The van der Waals surface area contributed by atoms with Gasteiger partial charge in [-0.15, -0.1) is 0 Å². The van der Waals surface area contributed by atoms with Gasteiger partial charge in [-0.25, -0.2) is 0 Å². The highest BCUT2D eigenvalue weighted by atomic mass is 79.9. The molecule has 3 rings (SSSR count). The summed E-state index contributed by atoms with van der Waals surface area (Å²) in [5.74, 6) is -0.631. The number of esters is 1. The molecule has 2 aromatic rings. The molecule has 0 N–H and O–H groups in total. The molecule has 1 aromatic heterocycles. The monoisotopic (exact) mass is 373 g/mol. The SMILES string of the molecule is C=Cc1ccc(C(=O)c2c(Br)cc3n2CCC3C(=O)OC)cc1. The van der Waals surface area contributed by atoms with Crippen LogP contribution in [0.5, 0.6) is 0 Å². The minimum atomic E-state index is -0.305. The maximum absolute atomic E-state index is 12.8. The molecule has 2 heterocycles. The number of ether oxygens (including phenoxy) is 1. The summed E-state index contributed by atoms with van der Waals surface area (Å²) in [5, 5.41) is 0. The second kappa shape index (κ2) is 6.16. The van der Waals surface area contributed by atoms with Crippen LogP contribution in [0.25, 0.3) is 6.08 Å². The van der Waals surface area contributed by atoms with E-state index in [-0.39, 0.29) is 17.7 Å². The van der Waals surface area contributed by atoms with Gasteiger partial charge >= 0.3 is 5.97 Å². The molecule has 0 amide bonds. The van der Waals surface area contributed by atoms with Gasteiger partial charge in [0.15, 0.2) is 0 Å². The molecule has 1 aromatic carbocycles. The maximum Gasteiger partial charge on any atom is 0.314 e. The van der Waals surface area contributed by atoms with Crippen LogP contribution >= 0.6 is 15.9 Å². The van der Waals surface area contributed by atoms with Crippen molar-refractivity contribution in [3.8, 4) is 0 Å². The standard InChI is InChI=1S/C18H16BrNO3/c1-3-11-4-6-12(7-5-11)17(21)16-14(19)10-15-13(18(22)23-2)8-9-20(15)16/h3-7,10,13H,1,8-9H2,2H3. The molecule has 0 aliphatic carbocycles. The van der Waals surface area contributed by atoms with Crippen LogP contribution in [0.3, 0.4) is 0 Å². The largest absolute Gasteiger partial charge is 0.469 e. The number of aromatic nitrogens is 1. The third kappa shape index (κ3) is 2.65. The van der Waals surface area contributed by atoms with Gasteiger partial charge in [-0.3, -0.25) is 9.59 Å². The topological polar surface area (TPSA) is 48.3 Å². The number of hydrogen-bond acceptors (Lipinski definition) is 3. The van der Waals surface area contributed by atoms with Gasteiger partial charge < -0.3 is 9.30 Å². The predicted octanol–water partition coefficient (Wildman–Crippen LogP) is 3.78. The fraction of sp³-hybridized carbons (Fsp3) is 0.222. The van der Waals surface area contributed by atoms with Gasteiger partial charge in [-0.1, -0.05) is 36.9 Å². The number of nitrogens with zero attached hydrogens (tertiary/aromatic N) is 1. The Labute approximate surface area is 142 Å². The van der Waals surface area contributed by atoms with Gasteiger partial charge in [-0.2, -0.15) is 0 Å². The summed E-state index contributed by atoms with van der Waals surface area (Å²) in [6.45, 7) is 4.34. The number of ketones is 1. The van der Waals surface area contributed by atoms with Crippen LogP contribution in [0.1, 0.15) is 39.6 Å². The highest BCUT2D eigenvalue weighted by Gasteiger charge is 2.34. The lowest BCUT2D eigenvalue weighted by Crippen LogP contribution is -2.11. The Balaban J connectivity index is 1.99. The molecule has 0 bridgehead atoms. The van der Waals surface area contributed by atoms with Crippen LogP contribution in [-0.4, -0.2) is 23.4 Å². The van der Waals surface area contributed by atoms with E-state index in [4.69, 9.17) is 4.74 Å². The Morgan fingerprint density at radius 1 is 1.35 bits per heavy atom. The fourth-order valence-corrected chi connectivity index (χ4v) is 3.62. The van der Waals surface area contributed by atoms with E-state index in [1.165, 1.54) is 7.11 Å². The zero-order valence-electron chi connectivity index (χ0n) is 12.7. The molecule has 1 aliphatic rings. The molecule has 0 saturated carbocycles. The van der Waals surface area contributed by atoms with Gasteiger partial charge in [-0.05, 0) is 34.0 Å². The van der Waals surface area contributed by atoms with Crippen LogP contribution in [0, 0.1) is 0 Å². The number of carbonyl (C=O) groups excluding carboxylic acids is 2. The molecule has 0 spiro atoms. The van der Waals surface area contributed by atoms with Gasteiger partial charge in [0.1, 0.15) is 5.69 Å². The van der Waals surface area contributed by atoms with Gasteiger partial charge in [0.2, 0.25) is 5.78 Å². The van der Waals surface area contributed by atoms with E-state index >= 15 is 0 Å². The predicted molar refractivity (Wildman–Crippen MR) is 91.5 cm³/mol. The van der Waals surface area contributed by atoms with Crippen LogP contribution in [-0.2, 0) is 16.1 Å². The first-order chi connectivity index (χ1) is 11.1. The lowest BCUT2D eigenvalue weighted by atomic mass is 10.0. The van der Waals surface area contributed by atoms with Gasteiger partial charge in [0, 0.05) is 22.3 Å². The maximum atomic E-state index is 12.8. The lowest BCUT2D eigenvalue weighted by molar-refractivity contribution is -0.142. The van der Waals surface area contributed by atoms with E-state index in [2.05, 4.69) is 22.5 Å². The molecule has 1 unspecified atom stereocenters. The van der Waals surface area contributed by atoms with Crippen molar-refractivity contribution in [1.82, 2.24) is 4.57 Å². The molecule has 0 fully saturated rings. The summed E-state index contributed by atoms with van der Waals surface area (Å²) in [5.41, 5.74) is 2.98. The Kier molecular flexibility index (Phi) is 4.22. The van der Waals surface area contributed by atoms with Crippen LogP contribution < -0.4 is 0 Å². The minimum absolute atomic E-state index is 0.0655. The highest BCUT2D eigenvalue weighted by molar-refractivity contribution is 9.10. The van der Waals surface area contributed by atoms with Gasteiger partial charge in [0.05, 0.1) is 13.0 Å². The molecule has 1 atom stereocenters. The van der Waals surface area contributed by atoms with Crippen molar-refractivity contribution in [3.05, 3.63) is 63.9 Å². The average Bonchev–Trinajstić information content (AvgIpc) is 3.11. The van der Waals surface area contributed by atoms with E-state index in [0.29, 0.717) is 28.7 Å². The molecule has 4 nitrogen and oxygen atoms in total. The zero-order valence-corrected chi connectivity index (χ0v) is 14.3. The minimum Gasteiger partial charge on any atom is -0.469 e. The first-order valence-electron chi connectivity index (χ1n) is 7.30. The number of hydrogen-bond donors (Lipinski definition) is 0.